The van der Waals surface area contributed by atoms with Crippen LogP contribution in [0.1, 0.15) is 22.3 Å². The second kappa shape index (κ2) is 5.70. The van der Waals surface area contributed by atoms with Gasteiger partial charge in [0.05, 0.1) is 19.1 Å². The molecule has 4 heteroatoms. The highest BCUT2D eigenvalue weighted by molar-refractivity contribution is 5.88. The van der Waals surface area contributed by atoms with Crippen molar-refractivity contribution in [3.63, 3.8) is 0 Å². The molecular formula is C12H12O4. The maximum Gasteiger partial charge on any atom is 0.335 e. The molecular weight excluding hydrogens is 208 g/mol. The molecule has 1 aromatic rings. The van der Waals surface area contributed by atoms with Crippen LogP contribution in [0.5, 0.6) is 0 Å². The lowest BCUT2D eigenvalue weighted by Gasteiger charge is -1.96. The van der Waals surface area contributed by atoms with Gasteiger partial charge in [0.2, 0.25) is 0 Å². The standard InChI is InChI=1S/C12H12O4/c1-16-11(13)7-3-5-9-4-2-6-10(8-9)12(14)15/h2-6,8H,7H2,1H3,(H,14,15). The van der Waals surface area contributed by atoms with Gasteiger partial charge in [0, 0.05) is 0 Å². The Hall–Kier alpha value is -2.10. The number of carbonyl (C=O) groups is 2. The lowest BCUT2D eigenvalue weighted by atomic mass is 10.1. The SMILES string of the molecule is COC(=O)CC=Cc1cccc(C(=O)O)c1. The molecule has 0 radical (unpaired) electrons. The largest absolute Gasteiger partial charge is 0.478 e. The Morgan fingerprint density at radius 2 is 2.19 bits per heavy atom. The third-order valence-corrected chi connectivity index (χ3v) is 1.96. The van der Waals surface area contributed by atoms with Crippen LogP contribution in [0.4, 0.5) is 0 Å². The number of ether oxygens (including phenoxy) is 1. The number of carboxylic acids is 1. The highest BCUT2D eigenvalue weighted by Crippen LogP contribution is 2.07. The van der Waals surface area contributed by atoms with Crippen molar-refractivity contribution in [2.24, 2.45) is 0 Å². The van der Waals surface area contributed by atoms with E-state index >= 15 is 0 Å². The van der Waals surface area contributed by atoms with Crippen molar-refractivity contribution >= 4 is 18.0 Å². The second-order valence-corrected chi connectivity index (χ2v) is 3.11. The number of esters is 1. The third-order valence-electron chi connectivity index (χ3n) is 1.96. The van der Waals surface area contributed by atoms with Gasteiger partial charge in [-0.3, -0.25) is 4.79 Å². The molecule has 0 aliphatic heterocycles. The molecule has 0 bridgehead atoms. The predicted molar refractivity (Wildman–Crippen MR) is 59.1 cm³/mol. The Morgan fingerprint density at radius 3 is 2.81 bits per heavy atom. The van der Waals surface area contributed by atoms with Crippen LogP contribution in [0.25, 0.3) is 6.08 Å². The number of aromatic carboxylic acids is 1. The summed E-state index contributed by atoms with van der Waals surface area (Å²) in [6, 6.07) is 6.47. The summed E-state index contributed by atoms with van der Waals surface area (Å²) in [6.07, 6.45) is 3.49. The van der Waals surface area contributed by atoms with E-state index in [1.54, 1.807) is 24.3 Å². The van der Waals surface area contributed by atoms with E-state index in [-0.39, 0.29) is 18.0 Å². The summed E-state index contributed by atoms with van der Waals surface area (Å²) < 4.78 is 4.47. The van der Waals surface area contributed by atoms with Gasteiger partial charge in [-0.1, -0.05) is 24.3 Å². The van der Waals surface area contributed by atoms with Crippen LogP contribution >= 0.6 is 0 Å². The van der Waals surface area contributed by atoms with E-state index in [1.165, 1.54) is 19.2 Å². The van der Waals surface area contributed by atoms with Crippen LogP contribution in [0.2, 0.25) is 0 Å². The van der Waals surface area contributed by atoms with E-state index in [1.807, 2.05) is 0 Å². The average Bonchev–Trinajstić information content (AvgIpc) is 2.29. The Morgan fingerprint density at radius 1 is 1.44 bits per heavy atom. The molecule has 0 atom stereocenters. The molecule has 1 rings (SSSR count). The number of benzene rings is 1. The van der Waals surface area contributed by atoms with Gasteiger partial charge >= 0.3 is 11.9 Å². The lowest BCUT2D eigenvalue weighted by molar-refractivity contribution is -0.139. The zero-order valence-electron chi connectivity index (χ0n) is 8.84. The molecule has 0 heterocycles. The van der Waals surface area contributed by atoms with E-state index in [9.17, 15) is 9.59 Å². The molecule has 0 saturated heterocycles. The number of rotatable bonds is 4. The van der Waals surface area contributed by atoms with Crippen LogP contribution in [-0.2, 0) is 9.53 Å². The van der Waals surface area contributed by atoms with Crippen LogP contribution in [0, 0.1) is 0 Å². The monoisotopic (exact) mass is 220 g/mol. The lowest BCUT2D eigenvalue weighted by Crippen LogP contribution is -1.97. The molecule has 0 amide bonds. The smallest absolute Gasteiger partial charge is 0.335 e. The van der Waals surface area contributed by atoms with Crippen LogP contribution in [0.15, 0.2) is 30.3 Å². The number of hydrogen-bond acceptors (Lipinski definition) is 3. The van der Waals surface area contributed by atoms with Crippen LogP contribution in [-0.4, -0.2) is 24.2 Å². The third kappa shape index (κ3) is 3.57. The Balaban J connectivity index is 2.70. The molecule has 0 saturated carbocycles. The van der Waals surface area contributed by atoms with E-state index in [0.717, 1.165) is 5.56 Å². The van der Waals surface area contributed by atoms with Crippen LogP contribution < -0.4 is 0 Å². The molecule has 4 nitrogen and oxygen atoms in total. The van der Waals surface area contributed by atoms with Crippen molar-refractivity contribution < 1.29 is 19.4 Å². The Labute approximate surface area is 93.2 Å². The van der Waals surface area contributed by atoms with Gasteiger partial charge in [0.25, 0.3) is 0 Å². The summed E-state index contributed by atoms with van der Waals surface area (Å²) in [5, 5.41) is 8.76. The first kappa shape index (κ1) is 12.0. The van der Waals surface area contributed by atoms with Crippen molar-refractivity contribution in [1.82, 2.24) is 0 Å². The Kier molecular flexibility index (Phi) is 4.27. The minimum absolute atomic E-state index is 0.174. The summed E-state index contributed by atoms with van der Waals surface area (Å²) >= 11 is 0. The Bertz CT molecular complexity index is 421. The fourth-order valence-electron chi connectivity index (χ4n) is 1.15. The minimum Gasteiger partial charge on any atom is -0.478 e. The molecule has 0 aromatic heterocycles. The molecule has 0 aliphatic carbocycles. The second-order valence-electron chi connectivity index (χ2n) is 3.11. The van der Waals surface area contributed by atoms with Crippen molar-refractivity contribution in [2.75, 3.05) is 7.11 Å². The summed E-state index contributed by atoms with van der Waals surface area (Å²) in [7, 11) is 1.32. The molecule has 84 valence electrons. The van der Waals surface area contributed by atoms with Gasteiger partial charge in [0.15, 0.2) is 0 Å². The molecule has 0 aliphatic rings. The predicted octanol–water partition coefficient (Wildman–Crippen LogP) is 1.96. The summed E-state index contributed by atoms with van der Waals surface area (Å²) in [5.74, 6) is -1.30. The van der Waals surface area contributed by atoms with Crippen molar-refractivity contribution in [3.8, 4) is 0 Å². The number of carboxylic acid groups (broad SMARTS) is 1. The topological polar surface area (TPSA) is 63.6 Å². The molecule has 1 N–H and O–H groups in total. The minimum atomic E-state index is -0.969. The summed E-state index contributed by atoms with van der Waals surface area (Å²) in [4.78, 5) is 21.5. The van der Waals surface area contributed by atoms with Gasteiger partial charge in [-0.05, 0) is 17.7 Å². The molecule has 0 fully saturated rings. The van der Waals surface area contributed by atoms with E-state index < -0.39 is 5.97 Å². The van der Waals surface area contributed by atoms with Crippen molar-refractivity contribution in [2.45, 2.75) is 6.42 Å². The van der Waals surface area contributed by atoms with E-state index in [2.05, 4.69) is 4.74 Å². The first-order valence-electron chi connectivity index (χ1n) is 4.70. The fraction of sp³-hybridized carbons (Fsp3) is 0.167. The fourth-order valence-corrected chi connectivity index (χ4v) is 1.15. The maximum absolute atomic E-state index is 10.8. The van der Waals surface area contributed by atoms with Crippen molar-refractivity contribution in [1.29, 1.82) is 0 Å². The molecule has 0 spiro atoms. The first-order valence-corrected chi connectivity index (χ1v) is 4.70. The first-order chi connectivity index (χ1) is 7.63. The normalized spacial score (nSPS) is 10.3. The van der Waals surface area contributed by atoms with Gasteiger partial charge < -0.3 is 9.84 Å². The van der Waals surface area contributed by atoms with E-state index in [4.69, 9.17) is 5.11 Å². The van der Waals surface area contributed by atoms with Gasteiger partial charge in [0.1, 0.15) is 0 Å². The molecule has 0 unspecified atom stereocenters. The van der Waals surface area contributed by atoms with Crippen molar-refractivity contribution in [3.05, 3.63) is 41.5 Å². The summed E-state index contributed by atoms with van der Waals surface area (Å²) in [6.45, 7) is 0. The van der Waals surface area contributed by atoms with Gasteiger partial charge in [-0.25, -0.2) is 4.79 Å². The highest BCUT2D eigenvalue weighted by atomic mass is 16.5. The molecule has 1 aromatic carbocycles. The maximum atomic E-state index is 10.8. The van der Waals surface area contributed by atoms with Gasteiger partial charge in [-0.2, -0.15) is 0 Å². The zero-order valence-corrected chi connectivity index (χ0v) is 8.84. The highest BCUT2D eigenvalue weighted by Gasteiger charge is 2.01. The molecule has 16 heavy (non-hydrogen) atoms. The number of carbonyl (C=O) groups excluding carboxylic acids is 1. The number of methoxy groups -OCH3 is 1. The number of hydrogen-bond donors (Lipinski definition) is 1. The van der Waals surface area contributed by atoms with Crippen LogP contribution in [0.3, 0.4) is 0 Å². The quantitative estimate of drug-likeness (QED) is 0.788. The average molecular weight is 220 g/mol. The summed E-state index contributed by atoms with van der Waals surface area (Å²) in [5.41, 5.74) is 0.962. The van der Waals surface area contributed by atoms with Gasteiger partial charge in [-0.15, -0.1) is 0 Å². The van der Waals surface area contributed by atoms with E-state index in [0.29, 0.717) is 0 Å². The zero-order chi connectivity index (χ0) is 12.0.